The Morgan fingerprint density at radius 3 is 2.42 bits per heavy atom. The zero-order valence-corrected chi connectivity index (χ0v) is 32.8. The van der Waals surface area contributed by atoms with E-state index in [9.17, 15) is 24.3 Å². The molecule has 9 N–H and O–H groups in total. The number of aromatic carboxylic acids is 1. The lowest BCUT2D eigenvalue weighted by molar-refractivity contribution is -0.142. The number of aromatic nitrogens is 2. The molecule has 3 aromatic carbocycles. The maximum atomic E-state index is 14.6. The Morgan fingerprint density at radius 2 is 1.65 bits per heavy atom. The molecule has 3 heterocycles. The van der Waals surface area contributed by atoms with E-state index in [1.165, 1.54) is 16.7 Å². The number of fused-ring (bicyclic) bond motifs is 3. The van der Waals surface area contributed by atoms with Gasteiger partial charge in [-0.15, -0.1) is 0 Å². The van der Waals surface area contributed by atoms with Gasteiger partial charge in [0.15, 0.2) is 0 Å². The van der Waals surface area contributed by atoms with Crippen molar-refractivity contribution in [3.63, 3.8) is 0 Å². The van der Waals surface area contributed by atoms with Crippen molar-refractivity contribution in [1.82, 2.24) is 30.8 Å². The first-order valence-corrected chi connectivity index (χ1v) is 20.1. The number of nitrogens with zero attached hydrogens (tertiary/aromatic N) is 2. The van der Waals surface area contributed by atoms with Crippen LogP contribution in [0.5, 0.6) is 0 Å². The summed E-state index contributed by atoms with van der Waals surface area (Å²) in [5, 5.41) is 20.8. The van der Waals surface area contributed by atoms with Crippen LogP contribution in [0.25, 0.3) is 22.0 Å². The number of para-hydroxylation sites is 1. The Labute approximate surface area is 336 Å². The lowest BCUT2D eigenvalue weighted by atomic mass is 9.98. The second-order valence-electron chi connectivity index (χ2n) is 14.2. The van der Waals surface area contributed by atoms with Crippen molar-refractivity contribution in [2.24, 2.45) is 11.5 Å². The van der Waals surface area contributed by atoms with Crippen molar-refractivity contribution >= 4 is 46.4 Å². The molecule has 0 bridgehead atoms. The van der Waals surface area contributed by atoms with E-state index in [4.69, 9.17) is 16.5 Å². The smallest absolute Gasteiger partial charge is 0.335 e. The number of benzene rings is 3. The van der Waals surface area contributed by atoms with Crippen LogP contribution in [0.3, 0.4) is 0 Å². The van der Waals surface area contributed by atoms with Crippen LogP contribution in [0.1, 0.15) is 59.2 Å². The summed E-state index contributed by atoms with van der Waals surface area (Å²) in [6, 6.07) is 21.5. The first-order chi connectivity index (χ1) is 27.7. The van der Waals surface area contributed by atoms with Gasteiger partial charge in [0.05, 0.1) is 11.6 Å². The van der Waals surface area contributed by atoms with Crippen LogP contribution in [0.15, 0.2) is 101 Å². The van der Waals surface area contributed by atoms with Crippen molar-refractivity contribution in [3.05, 3.63) is 114 Å². The summed E-state index contributed by atoms with van der Waals surface area (Å²) in [4.78, 5) is 65.3. The van der Waals surface area contributed by atoms with Crippen LogP contribution in [0, 0.1) is 0 Å². The van der Waals surface area contributed by atoms with Gasteiger partial charge in [-0.05, 0) is 103 Å². The number of unbranched alkanes of at least 4 members (excludes halogenated alkanes) is 1. The number of carbonyl (C=O) groups excluding carboxylic acids is 3. The second-order valence-corrected chi connectivity index (χ2v) is 15.2. The van der Waals surface area contributed by atoms with E-state index in [0.29, 0.717) is 56.8 Å². The van der Waals surface area contributed by atoms with Crippen LogP contribution in [0.4, 0.5) is 0 Å². The van der Waals surface area contributed by atoms with Gasteiger partial charge in [-0.1, -0.05) is 60.3 Å². The van der Waals surface area contributed by atoms with Crippen LogP contribution >= 0.6 is 11.8 Å². The van der Waals surface area contributed by atoms with Gasteiger partial charge in [0.25, 0.3) is 0 Å². The zero-order chi connectivity index (χ0) is 40.3. The number of likely N-dealkylation sites (N-methyl/N-ethyl adjacent to an activating group) is 1. The fourth-order valence-electron chi connectivity index (χ4n) is 7.17. The quantitative estimate of drug-likeness (QED) is 0.0927. The third-order valence-corrected chi connectivity index (χ3v) is 11.6. The minimum atomic E-state index is -1.03. The van der Waals surface area contributed by atoms with E-state index < -0.39 is 24.1 Å². The minimum Gasteiger partial charge on any atom is -0.478 e. The number of pyridine rings is 1. The molecule has 1 aliphatic heterocycles. The molecule has 13 nitrogen and oxygen atoms in total. The van der Waals surface area contributed by atoms with Crippen molar-refractivity contribution < 1.29 is 24.3 Å². The summed E-state index contributed by atoms with van der Waals surface area (Å²) < 4.78 is 0. The normalized spacial score (nSPS) is 18.3. The topological polar surface area (TPSA) is 209 Å². The molecule has 0 saturated carbocycles. The predicted octanol–water partition coefficient (Wildman–Crippen LogP) is 4.59. The summed E-state index contributed by atoms with van der Waals surface area (Å²) in [6.07, 6.45) is 6.43. The summed E-state index contributed by atoms with van der Waals surface area (Å²) in [5.74, 6) is -2.11. The molecule has 14 heteroatoms. The average molecular weight is 791 g/mol. The Morgan fingerprint density at radius 1 is 0.877 bits per heavy atom. The van der Waals surface area contributed by atoms with Gasteiger partial charge in [0.1, 0.15) is 17.1 Å². The molecule has 6 rings (SSSR count). The molecule has 2 aromatic heterocycles. The fourth-order valence-corrected chi connectivity index (χ4v) is 8.22. The highest BCUT2D eigenvalue weighted by Crippen LogP contribution is 2.37. The van der Waals surface area contributed by atoms with Gasteiger partial charge < -0.3 is 42.4 Å². The van der Waals surface area contributed by atoms with Crippen LogP contribution in [-0.2, 0) is 33.9 Å². The van der Waals surface area contributed by atoms with Gasteiger partial charge in [0, 0.05) is 54.8 Å². The van der Waals surface area contributed by atoms with Gasteiger partial charge in [0.2, 0.25) is 17.7 Å². The van der Waals surface area contributed by atoms with E-state index in [-0.39, 0.29) is 36.3 Å². The third kappa shape index (κ3) is 10.1. The Bertz CT molecular complexity index is 2190. The molecule has 0 spiro atoms. The maximum absolute atomic E-state index is 14.6. The van der Waals surface area contributed by atoms with Crippen molar-refractivity contribution in [2.75, 3.05) is 20.1 Å². The van der Waals surface area contributed by atoms with E-state index in [0.717, 1.165) is 43.6 Å². The first kappa shape index (κ1) is 41.1. The summed E-state index contributed by atoms with van der Waals surface area (Å²) in [5.41, 5.74) is 16.9. The molecule has 5 aromatic rings. The number of carbonyl (C=O) groups is 4. The van der Waals surface area contributed by atoms with Crippen LogP contribution in [0.2, 0.25) is 0 Å². The van der Waals surface area contributed by atoms with Crippen molar-refractivity contribution in [1.29, 1.82) is 0 Å². The Hall–Kier alpha value is -5.54. The van der Waals surface area contributed by atoms with E-state index >= 15 is 0 Å². The Balaban J connectivity index is 1.45. The zero-order valence-electron chi connectivity index (χ0n) is 32.0. The second kappa shape index (κ2) is 19.6. The van der Waals surface area contributed by atoms with E-state index in [1.54, 1.807) is 37.5 Å². The molecule has 298 valence electrons. The number of nitrogens with two attached hydrogens (primary N) is 2. The number of H-pyrrole nitrogens is 1. The molecular formula is C43H50N8O5S. The molecule has 0 aliphatic carbocycles. The Kier molecular flexibility index (Phi) is 14.1. The standard InChI is InChI=1S/C43H50N8O5S/c1-51-37(23-30-25-47-34-12-3-2-10-32(30)34)40(53)49-26-33-31(27-16-18-28(19-17-27)43(55)56)11-6-15-38(33)57-41-29(9-8-22-46-41)24-48-35(14-7-21-45)39(52)50-36(42(51)54)13-4-5-20-44/h2-3,6,8-12,15-19,22,25,35-37,47-48H,4-5,7,13-14,20-21,23-24,26,44-45H2,1H3,(H,49,53)(H,50,52)(H,55,56)/t35-,36-,37-/m0/s1. The minimum absolute atomic E-state index is 0.0999. The highest BCUT2D eigenvalue weighted by molar-refractivity contribution is 7.99. The number of nitrogens with one attached hydrogen (secondary N) is 4. The average Bonchev–Trinajstić information content (AvgIpc) is 3.64. The summed E-state index contributed by atoms with van der Waals surface area (Å²) in [6.45, 7) is 1.25. The number of hydrogen-bond donors (Lipinski definition) is 7. The van der Waals surface area contributed by atoms with Gasteiger partial charge in [-0.3, -0.25) is 14.4 Å². The highest BCUT2D eigenvalue weighted by atomic mass is 32.2. The summed E-state index contributed by atoms with van der Waals surface area (Å²) in [7, 11) is 1.61. The van der Waals surface area contributed by atoms with E-state index in [1.807, 2.05) is 60.8 Å². The number of aromatic amines is 1. The number of amides is 3. The number of rotatable bonds is 11. The predicted molar refractivity (Wildman–Crippen MR) is 221 cm³/mol. The molecular weight excluding hydrogens is 741 g/mol. The van der Waals surface area contributed by atoms with E-state index in [2.05, 4.69) is 20.9 Å². The first-order valence-electron chi connectivity index (χ1n) is 19.3. The maximum Gasteiger partial charge on any atom is 0.335 e. The van der Waals surface area contributed by atoms with Gasteiger partial charge in [-0.25, -0.2) is 9.78 Å². The van der Waals surface area contributed by atoms with Gasteiger partial charge >= 0.3 is 5.97 Å². The van der Waals surface area contributed by atoms with Crippen LogP contribution in [-0.4, -0.2) is 81.9 Å². The third-order valence-electron chi connectivity index (χ3n) is 10.4. The fraction of sp³-hybridized carbons (Fsp3) is 0.326. The highest BCUT2D eigenvalue weighted by Gasteiger charge is 2.34. The molecule has 0 fully saturated rings. The number of carboxylic acid groups (broad SMARTS) is 1. The summed E-state index contributed by atoms with van der Waals surface area (Å²) >= 11 is 1.44. The number of hydrogen-bond acceptors (Lipinski definition) is 9. The monoisotopic (exact) mass is 790 g/mol. The number of carboxylic acids is 1. The largest absolute Gasteiger partial charge is 0.478 e. The molecule has 0 unspecified atom stereocenters. The SMILES string of the molecule is CN1C(=O)[C@H](CCCCN)NC(=O)[C@H](CCCN)NCc2cccnc2Sc2cccc(-c3ccc(C(=O)O)cc3)c2CNC(=O)[C@@H]1Cc1c[nH]c2ccccc12. The van der Waals surface area contributed by atoms with Crippen molar-refractivity contribution in [2.45, 2.75) is 79.7 Å². The van der Waals surface area contributed by atoms with Gasteiger partial charge in [-0.2, -0.15) is 0 Å². The molecule has 3 atom stereocenters. The lowest BCUT2D eigenvalue weighted by Gasteiger charge is -2.32. The molecule has 1 aliphatic rings. The molecule has 3 amide bonds. The molecule has 0 saturated heterocycles. The van der Waals surface area contributed by atoms with Crippen LogP contribution < -0.4 is 27.4 Å². The molecule has 0 radical (unpaired) electrons. The van der Waals surface area contributed by atoms with Crippen molar-refractivity contribution in [3.8, 4) is 11.1 Å². The lowest BCUT2D eigenvalue weighted by Crippen LogP contribution is -2.57. The molecule has 57 heavy (non-hydrogen) atoms.